The van der Waals surface area contributed by atoms with Crippen LogP contribution in [0.1, 0.15) is 45.6 Å². The molecule has 3 aliphatic rings. The van der Waals surface area contributed by atoms with E-state index in [1.807, 2.05) is 26.8 Å². The first-order valence-corrected chi connectivity index (χ1v) is 16.6. The van der Waals surface area contributed by atoms with Gasteiger partial charge in [0.25, 0.3) is 5.91 Å². The molecule has 0 aromatic heterocycles. The molecule has 1 aromatic carbocycles. The van der Waals surface area contributed by atoms with E-state index in [-0.39, 0.29) is 42.8 Å². The molecule has 8 atom stereocenters. The van der Waals surface area contributed by atoms with Crippen LogP contribution in [0.15, 0.2) is 43.5 Å². The molecule has 45 heavy (non-hydrogen) atoms. The van der Waals surface area contributed by atoms with Crippen molar-refractivity contribution in [2.75, 3.05) is 24.6 Å². The maximum absolute atomic E-state index is 14.8. The largest absolute Gasteiger partial charge is 0.460 e. The number of esters is 1. The van der Waals surface area contributed by atoms with Crippen LogP contribution in [0.2, 0.25) is 5.02 Å². The number of carbonyl (C=O) groups excluding carboxylic acids is 4. The average molecular weight is 709 g/mol. The molecule has 3 fully saturated rings. The van der Waals surface area contributed by atoms with Gasteiger partial charge >= 0.3 is 5.97 Å². The molecule has 0 saturated carbocycles. The number of ether oxygens (including phenoxy) is 2. The summed E-state index contributed by atoms with van der Waals surface area (Å²) in [6.45, 7) is 14.5. The van der Waals surface area contributed by atoms with Crippen LogP contribution >= 0.6 is 27.5 Å². The fraction of sp³-hybridized carbons (Fsp3) is 0.576. The Morgan fingerprint density at radius 3 is 2.60 bits per heavy atom. The lowest BCUT2D eigenvalue weighted by Gasteiger charge is -2.40. The maximum atomic E-state index is 14.8. The van der Waals surface area contributed by atoms with Crippen molar-refractivity contribution in [3.8, 4) is 0 Å². The van der Waals surface area contributed by atoms with Gasteiger partial charge in [0.05, 0.1) is 47.8 Å². The highest BCUT2D eigenvalue weighted by Crippen LogP contribution is 2.61. The fourth-order valence-electron chi connectivity index (χ4n) is 7.02. The molecular weight excluding hydrogens is 666 g/mol. The van der Waals surface area contributed by atoms with Gasteiger partial charge in [-0.15, -0.1) is 13.2 Å². The predicted molar refractivity (Wildman–Crippen MR) is 175 cm³/mol. The van der Waals surface area contributed by atoms with E-state index >= 15 is 0 Å². The summed E-state index contributed by atoms with van der Waals surface area (Å²) in [4.78, 5) is 57.8. The van der Waals surface area contributed by atoms with Crippen molar-refractivity contribution >= 4 is 56.9 Å². The van der Waals surface area contributed by atoms with Gasteiger partial charge in [-0.3, -0.25) is 19.2 Å². The normalized spacial score (nSPS) is 28.0. The van der Waals surface area contributed by atoms with Crippen LogP contribution in [0, 0.1) is 24.7 Å². The number of rotatable bonds is 14. The summed E-state index contributed by atoms with van der Waals surface area (Å²) in [6, 6.07) is 3.45. The first-order valence-electron chi connectivity index (χ1n) is 15.3. The monoisotopic (exact) mass is 707 g/mol. The predicted octanol–water partition coefficient (Wildman–Crippen LogP) is 3.95. The van der Waals surface area contributed by atoms with E-state index in [0.29, 0.717) is 23.6 Å². The summed E-state index contributed by atoms with van der Waals surface area (Å²) in [5, 5.41) is 13.6. The number of aliphatic hydroxyl groups excluding tert-OH is 1. The number of benzene rings is 1. The summed E-state index contributed by atoms with van der Waals surface area (Å²) in [7, 11) is 0. The first-order chi connectivity index (χ1) is 21.3. The number of aliphatic hydroxyl groups is 1. The molecule has 1 aromatic rings. The third kappa shape index (κ3) is 6.46. The van der Waals surface area contributed by atoms with Crippen LogP contribution in [-0.2, 0) is 28.7 Å². The molecule has 3 aliphatic heterocycles. The number of nitrogens with one attached hydrogen (secondary N) is 1. The van der Waals surface area contributed by atoms with E-state index in [1.165, 1.54) is 9.80 Å². The van der Waals surface area contributed by atoms with Crippen molar-refractivity contribution in [2.45, 2.75) is 81.7 Å². The lowest BCUT2D eigenvalue weighted by Crippen LogP contribution is -2.60. The Morgan fingerprint density at radius 1 is 1.29 bits per heavy atom. The van der Waals surface area contributed by atoms with Crippen LogP contribution in [-0.4, -0.2) is 88.1 Å². The highest BCUT2D eigenvalue weighted by Gasteiger charge is 2.77. The zero-order valence-electron chi connectivity index (χ0n) is 26.2. The molecule has 4 rings (SSSR count). The second kappa shape index (κ2) is 14.4. The van der Waals surface area contributed by atoms with Crippen LogP contribution in [0.4, 0.5) is 5.69 Å². The van der Waals surface area contributed by atoms with Crippen molar-refractivity contribution in [1.29, 1.82) is 0 Å². The summed E-state index contributed by atoms with van der Waals surface area (Å²) in [5.41, 5.74) is -0.119. The summed E-state index contributed by atoms with van der Waals surface area (Å²) < 4.78 is 12.4. The van der Waals surface area contributed by atoms with Crippen LogP contribution in [0.25, 0.3) is 0 Å². The zero-order valence-corrected chi connectivity index (χ0v) is 28.6. The number of hydrogen-bond donors (Lipinski definition) is 2. The second-order valence-corrected chi connectivity index (χ2v) is 14.0. The molecule has 2 bridgehead atoms. The Labute approximate surface area is 278 Å². The number of anilines is 1. The Morgan fingerprint density at radius 2 is 2.00 bits per heavy atom. The van der Waals surface area contributed by atoms with Crippen LogP contribution in [0.3, 0.4) is 0 Å². The quantitative estimate of drug-likeness (QED) is 0.170. The number of halogens is 2. The van der Waals surface area contributed by atoms with Gasteiger partial charge in [0, 0.05) is 17.8 Å². The minimum Gasteiger partial charge on any atom is -0.460 e. The van der Waals surface area contributed by atoms with Gasteiger partial charge in [0.2, 0.25) is 11.8 Å². The van der Waals surface area contributed by atoms with E-state index in [9.17, 15) is 24.3 Å². The molecule has 0 aliphatic carbocycles. The number of carbonyl (C=O) groups is 4. The molecule has 1 unspecified atom stereocenters. The number of likely N-dealkylation sites (tertiary alicyclic amines) is 1. The topological polar surface area (TPSA) is 125 Å². The number of nitrogens with zero attached hydrogens (tertiary/aromatic N) is 2. The summed E-state index contributed by atoms with van der Waals surface area (Å²) >= 11 is 10.3. The van der Waals surface area contributed by atoms with Gasteiger partial charge in [-0.25, -0.2) is 0 Å². The minimum absolute atomic E-state index is 0.0995. The standard InChI is InChI=1S/C33H43BrClN3O7/c1-7-9-13-24(40)36-16-20(6)44-32(43)25-26-30(41)38(23(17-39)18(3)4)29(33(26)15-21(34)28(25)45-33)31(42)37(14-8-2)27-19(5)11-10-12-22(27)35/h7-8,10-12,18,20-21,23,25-26,28-29,39H,1-2,9,13-17H2,3-6H3,(H,36,40)/t20-,21?,23-,25+,26-,28+,29+,33-/m0/s1. The number of allylic oxidation sites excluding steroid dienone is 1. The Hall–Kier alpha value is -2.73. The van der Waals surface area contributed by atoms with Crippen molar-refractivity contribution in [1.82, 2.24) is 10.2 Å². The van der Waals surface area contributed by atoms with E-state index in [1.54, 1.807) is 31.2 Å². The lowest BCUT2D eigenvalue weighted by molar-refractivity contribution is -0.159. The molecule has 246 valence electrons. The zero-order chi connectivity index (χ0) is 33.2. The molecule has 12 heteroatoms. The Bertz CT molecular complexity index is 1320. The maximum Gasteiger partial charge on any atom is 0.312 e. The number of fused-ring (bicyclic) bond motifs is 1. The first kappa shape index (κ1) is 35.1. The van der Waals surface area contributed by atoms with Gasteiger partial charge < -0.3 is 29.7 Å². The van der Waals surface area contributed by atoms with Crippen molar-refractivity contribution in [2.24, 2.45) is 17.8 Å². The summed E-state index contributed by atoms with van der Waals surface area (Å²) in [5.74, 6) is -3.94. The van der Waals surface area contributed by atoms with Crippen molar-refractivity contribution in [3.63, 3.8) is 0 Å². The third-order valence-electron chi connectivity index (χ3n) is 9.06. The molecule has 0 radical (unpaired) electrons. The second-order valence-electron chi connectivity index (χ2n) is 12.4. The van der Waals surface area contributed by atoms with Gasteiger partial charge in [-0.05, 0) is 44.2 Å². The minimum atomic E-state index is -1.37. The number of para-hydroxylation sites is 1. The van der Waals surface area contributed by atoms with Crippen molar-refractivity contribution < 1.29 is 33.8 Å². The lowest BCUT2D eigenvalue weighted by atomic mass is 9.70. The van der Waals surface area contributed by atoms with E-state index in [2.05, 4.69) is 34.4 Å². The molecule has 2 N–H and O–H groups in total. The highest BCUT2D eigenvalue weighted by atomic mass is 79.9. The van der Waals surface area contributed by atoms with Crippen molar-refractivity contribution in [3.05, 3.63) is 54.1 Å². The van der Waals surface area contributed by atoms with Gasteiger partial charge in [-0.2, -0.15) is 0 Å². The van der Waals surface area contributed by atoms with Gasteiger partial charge in [-0.1, -0.05) is 65.7 Å². The van der Waals surface area contributed by atoms with Crippen LogP contribution in [0.5, 0.6) is 0 Å². The molecule has 3 heterocycles. The number of alkyl halides is 1. The summed E-state index contributed by atoms with van der Waals surface area (Å²) in [6.07, 6.45) is 2.93. The van der Waals surface area contributed by atoms with Crippen LogP contribution < -0.4 is 10.2 Å². The number of amides is 3. The molecule has 10 nitrogen and oxygen atoms in total. The molecule has 3 amide bonds. The highest BCUT2D eigenvalue weighted by molar-refractivity contribution is 9.09. The third-order valence-corrected chi connectivity index (χ3v) is 10.2. The smallest absolute Gasteiger partial charge is 0.312 e. The number of aryl methyl sites for hydroxylation is 1. The molecular formula is C33H43BrClN3O7. The number of hydrogen-bond acceptors (Lipinski definition) is 7. The van der Waals surface area contributed by atoms with E-state index < -0.39 is 59.5 Å². The molecule has 1 spiro atoms. The molecule has 3 saturated heterocycles. The van der Waals surface area contributed by atoms with E-state index in [0.717, 1.165) is 5.56 Å². The van der Waals surface area contributed by atoms with E-state index in [4.69, 9.17) is 21.1 Å². The average Bonchev–Trinajstić information content (AvgIpc) is 3.57. The van der Waals surface area contributed by atoms with Gasteiger partial charge in [0.1, 0.15) is 17.7 Å². The fourth-order valence-corrected chi connectivity index (χ4v) is 8.29. The Balaban J connectivity index is 1.72. The van der Waals surface area contributed by atoms with Gasteiger partial charge in [0.15, 0.2) is 0 Å². The Kier molecular flexibility index (Phi) is 11.2. The SMILES string of the molecule is C=CCCC(=O)NC[C@H](C)OC(=O)[C@H]1[C@@H]2O[C@@]3(CC2Br)[C@@H]1C(=O)N([C@@H](CO)C(C)C)[C@@H]3C(=O)N(CC=C)c1c(C)cccc1Cl.